The molecule has 1 heterocycles. The SMILES string of the molecule is [B][C@H]1C[C@@H](NP([B-])(C)=O)[C@@H](CO)O1. The van der Waals surface area contributed by atoms with Crippen molar-refractivity contribution in [3.63, 3.8) is 0 Å². The molecular formula is C6H12B2NO3P-. The highest BCUT2D eigenvalue weighted by Crippen LogP contribution is 2.33. The Morgan fingerprint density at radius 3 is 2.92 bits per heavy atom. The molecule has 0 aliphatic carbocycles. The summed E-state index contributed by atoms with van der Waals surface area (Å²) in [6, 6.07) is -0.637. The molecule has 2 N–H and O–H groups in total. The summed E-state index contributed by atoms with van der Waals surface area (Å²) in [6.07, 6.45) is 0.104. The van der Waals surface area contributed by atoms with Crippen LogP contribution in [0.25, 0.3) is 0 Å². The van der Waals surface area contributed by atoms with Crippen molar-refractivity contribution in [2.45, 2.75) is 24.6 Å². The molecule has 0 aromatic carbocycles. The number of aliphatic hydroxyl groups excluding tert-OH is 1. The molecule has 0 bridgehead atoms. The Hall–Kier alpha value is 0.240. The summed E-state index contributed by atoms with van der Waals surface area (Å²) >= 11 is 0. The van der Waals surface area contributed by atoms with Crippen molar-refractivity contribution in [1.82, 2.24) is 5.09 Å². The van der Waals surface area contributed by atoms with Crippen LogP contribution in [0.5, 0.6) is 0 Å². The first-order valence-electron chi connectivity index (χ1n) is 4.08. The highest BCUT2D eigenvalue weighted by Gasteiger charge is 2.31. The van der Waals surface area contributed by atoms with Gasteiger partial charge in [-0.2, -0.15) is 0 Å². The standard InChI is InChI=1S/C6H12B2NO3P/c1-13(8,11)9-4-2-6(7)12-5(4)3-10/h4-6,10H,2-3H2,1H3,(H,9,11)/q-1/t4-,5-,6-,13?/m1/s1. The van der Waals surface area contributed by atoms with Gasteiger partial charge in [0, 0.05) is 12.0 Å². The third-order valence-electron chi connectivity index (χ3n) is 1.89. The number of hydrogen-bond donors (Lipinski definition) is 2. The average molecular weight is 199 g/mol. The minimum atomic E-state index is -2.79. The molecule has 1 unspecified atom stereocenters. The van der Waals surface area contributed by atoms with Crippen LogP contribution in [0.3, 0.4) is 0 Å². The summed E-state index contributed by atoms with van der Waals surface area (Å²) in [5, 5.41) is 11.6. The van der Waals surface area contributed by atoms with E-state index in [9.17, 15) is 4.57 Å². The third kappa shape index (κ3) is 3.47. The minimum Gasteiger partial charge on any atom is -0.501 e. The number of aliphatic hydroxyl groups is 1. The Balaban J connectivity index is 2.54. The lowest BCUT2D eigenvalue weighted by Crippen LogP contribution is -2.36. The predicted molar refractivity (Wildman–Crippen MR) is 52.3 cm³/mol. The Kier molecular flexibility index (Phi) is 3.64. The average Bonchev–Trinajstić information content (AvgIpc) is 2.27. The van der Waals surface area contributed by atoms with Gasteiger partial charge in [-0.3, -0.25) is 5.09 Å². The van der Waals surface area contributed by atoms with E-state index >= 15 is 0 Å². The van der Waals surface area contributed by atoms with Gasteiger partial charge in [0.25, 0.3) is 0 Å². The van der Waals surface area contributed by atoms with Crippen LogP contribution in [0.4, 0.5) is 0 Å². The maximum Gasteiger partial charge on any atom is 0.109 e. The fourth-order valence-electron chi connectivity index (χ4n) is 1.41. The van der Waals surface area contributed by atoms with Gasteiger partial charge in [-0.25, -0.2) is 0 Å². The van der Waals surface area contributed by atoms with Crippen LogP contribution in [0, 0.1) is 0 Å². The zero-order chi connectivity index (χ0) is 10.1. The van der Waals surface area contributed by atoms with E-state index in [2.05, 4.69) is 5.09 Å². The van der Waals surface area contributed by atoms with Gasteiger partial charge >= 0.3 is 0 Å². The van der Waals surface area contributed by atoms with E-state index in [1.807, 2.05) is 0 Å². The Morgan fingerprint density at radius 2 is 2.46 bits per heavy atom. The van der Waals surface area contributed by atoms with Crippen molar-refractivity contribution < 1.29 is 14.4 Å². The Labute approximate surface area is 80.6 Å². The highest BCUT2D eigenvalue weighted by atomic mass is 31.2. The molecule has 1 fully saturated rings. The van der Waals surface area contributed by atoms with Crippen LogP contribution in [-0.2, 0) is 9.30 Å². The van der Waals surface area contributed by atoms with Crippen LogP contribution in [-0.4, -0.2) is 51.9 Å². The van der Waals surface area contributed by atoms with Crippen molar-refractivity contribution in [2.75, 3.05) is 13.3 Å². The van der Waals surface area contributed by atoms with Crippen molar-refractivity contribution in [3.8, 4) is 0 Å². The first-order chi connectivity index (χ1) is 5.92. The Morgan fingerprint density at radius 1 is 1.85 bits per heavy atom. The van der Waals surface area contributed by atoms with Gasteiger partial charge in [-0.1, -0.05) is 0 Å². The zero-order valence-corrected chi connectivity index (χ0v) is 8.41. The van der Waals surface area contributed by atoms with E-state index in [0.29, 0.717) is 6.42 Å². The van der Waals surface area contributed by atoms with E-state index in [0.717, 1.165) is 0 Å². The van der Waals surface area contributed by atoms with Gasteiger partial charge in [0.05, 0.1) is 12.7 Å². The second kappa shape index (κ2) is 4.18. The maximum absolute atomic E-state index is 11.2. The topological polar surface area (TPSA) is 58.6 Å². The predicted octanol–water partition coefficient (Wildman–Crippen LogP) is -0.788. The van der Waals surface area contributed by atoms with Crippen LogP contribution in [0.1, 0.15) is 6.42 Å². The molecule has 1 aliphatic heterocycles. The molecule has 13 heavy (non-hydrogen) atoms. The summed E-state index contributed by atoms with van der Waals surface area (Å²) < 4.78 is 16.4. The third-order valence-corrected chi connectivity index (χ3v) is 2.73. The summed E-state index contributed by atoms with van der Waals surface area (Å²) in [7, 11) is 8.06. The van der Waals surface area contributed by atoms with E-state index in [1.165, 1.54) is 6.66 Å². The quantitative estimate of drug-likeness (QED) is 0.461. The van der Waals surface area contributed by atoms with Crippen molar-refractivity contribution >= 4 is 22.6 Å². The molecule has 0 spiro atoms. The Bertz CT molecular complexity index is 222. The summed E-state index contributed by atoms with van der Waals surface area (Å²) in [5.41, 5.74) is 0. The van der Waals surface area contributed by atoms with Crippen molar-refractivity contribution in [1.29, 1.82) is 0 Å². The largest absolute Gasteiger partial charge is 0.501 e. The first kappa shape index (κ1) is 11.3. The van der Waals surface area contributed by atoms with Gasteiger partial charge in [-0.15, -0.1) is 7.17 Å². The van der Waals surface area contributed by atoms with Gasteiger partial charge in [0.1, 0.15) is 7.85 Å². The lowest BCUT2D eigenvalue weighted by atomic mass is 9.95. The second-order valence-corrected chi connectivity index (χ2v) is 5.60. The second-order valence-electron chi connectivity index (χ2n) is 3.36. The molecule has 4 nitrogen and oxygen atoms in total. The van der Waals surface area contributed by atoms with Crippen LogP contribution < -0.4 is 5.09 Å². The normalized spacial score (nSPS) is 38.8. The fraction of sp³-hybridized carbons (Fsp3) is 1.00. The molecule has 1 saturated heterocycles. The summed E-state index contributed by atoms with van der Waals surface area (Å²) in [5.74, 6) is 0. The first-order valence-corrected chi connectivity index (χ1v) is 6.30. The molecule has 0 aromatic rings. The summed E-state index contributed by atoms with van der Waals surface area (Å²) in [4.78, 5) is 0. The van der Waals surface area contributed by atoms with E-state index in [1.54, 1.807) is 0 Å². The molecule has 1 aliphatic rings. The molecule has 4 atom stereocenters. The molecule has 7 heteroatoms. The number of hydrogen-bond acceptors (Lipinski definition) is 3. The lowest BCUT2D eigenvalue weighted by Gasteiger charge is -2.29. The minimum absolute atomic E-state index is 0.147. The summed E-state index contributed by atoms with van der Waals surface area (Å²) in [6.45, 7) is 1.27. The zero-order valence-electron chi connectivity index (χ0n) is 7.51. The van der Waals surface area contributed by atoms with Gasteiger partial charge in [0.15, 0.2) is 0 Å². The number of rotatable bonds is 3. The number of nitrogens with one attached hydrogen (secondary N) is 1. The molecule has 5 radical (unpaired) electrons. The van der Waals surface area contributed by atoms with Crippen molar-refractivity contribution in [3.05, 3.63) is 0 Å². The van der Waals surface area contributed by atoms with Crippen molar-refractivity contribution in [2.24, 2.45) is 0 Å². The van der Waals surface area contributed by atoms with E-state index < -0.39 is 19.3 Å². The molecule has 1 rings (SSSR count). The smallest absolute Gasteiger partial charge is 0.109 e. The molecule has 71 valence electrons. The van der Waals surface area contributed by atoms with E-state index in [-0.39, 0.29) is 12.6 Å². The number of ether oxygens (including phenoxy) is 1. The molecule has 0 amide bonds. The maximum atomic E-state index is 11.2. The van der Waals surface area contributed by atoms with E-state index in [4.69, 9.17) is 25.3 Å². The lowest BCUT2D eigenvalue weighted by molar-refractivity contribution is 0.0360. The van der Waals surface area contributed by atoms with Crippen LogP contribution in [0.15, 0.2) is 0 Å². The molecule has 0 aromatic heterocycles. The van der Waals surface area contributed by atoms with Gasteiger partial charge in [0.2, 0.25) is 0 Å². The van der Waals surface area contributed by atoms with Gasteiger partial charge < -0.3 is 22.0 Å². The molecule has 0 saturated carbocycles. The monoisotopic (exact) mass is 199 g/mol. The van der Waals surface area contributed by atoms with Crippen LogP contribution in [0.2, 0.25) is 0 Å². The van der Waals surface area contributed by atoms with Crippen LogP contribution >= 0.6 is 7.17 Å². The van der Waals surface area contributed by atoms with Gasteiger partial charge in [-0.05, 0) is 13.1 Å². The fourth-order valence-corrected chi connectivity index (χ4v) is 2.34. The highest BCUT2D eigenvalue weighted by molar-refractivity contribution is 7.85. The molecular weight excluding hydrogens is 187 g/mol.